The molecule has 21 heavy (non-hydrogen) atoms. The van der Waals surface area contributed by atoms with Gasteiger partial charge in [0, 0.05) is 16.6 Å². The Labute approximate surface area is 133 Å². The highest BCUT2D eigenvalue weighted by Crippen LogP contribution is 2.23. The van der Waals surface area contributed by atoms with E-state index in [1.165, 1.54) is 17.7 Å². The molecule has 1 amide bonds. The number of nitrogens with one attached hydrogen (secondary N) is 1. The first-order valence-electron chi connectivity index (χ1n) is 6.73. The summed E-state index contributed by atoms with van der Waals surface area (Å²) in [7, 11) is 0. The van der Waals surface area contributed by atoms with Crippen LogP contribution in [0.5, 0.6) is 0 Å². The molecule has 2 rings (SSSR count). The van der Waals surface area contributed by atoms with E-state index in [0.29, 0.717) is 28.8 Å². The first-order chi connectivity index (χ1) is 10.1. The zero-order valence-corrected chi connectivity index (χ0v) is 13.0. The second-order valence-corrected chi connectivity index (χ2v) is 5.71. The minimum absolute atomic E-state index is 0.385. The lowest BCUT2D eigenvalue weighted by Gasteiger charge is -2.15. The average Bonchev–Trinajstić information content (AvgIpc) is 2.46. The summed E-state index contributed by atoms with van der Waals surface area (Å²) >= 11 is 11.7. The number of rotatable bonds is 5. The predicted molar refractivity (Wildman–Crippen MR) is 82.6 cm³/mol. The van der Waals surface area contributed by atoms with Crippen molar-refractivity contribution in [2.75, 3.05) is 19.8 Å². The third kappa shape index (κ3) is 5.00. The van der Waals surface area contributed by atoms with Gasteiger partial charge in [-0.15, -0.1) is 0 Å². The number of halogens is 2. The molecule has 2 N–H and O–H groups in total. The maximum Gasteiger partial charge on any atom is 0.253 e. The van der Waals surface area contributed by atoms with Gasteiger partial charge in [0.1, 0.15) is 0 Å². The van der Waals surface area contributed by atoms with Gasteiger partial charge in [-0.25, -0.2) is 0 Å². The van der Waals surface area contributed by atoms with Crippen LogP contribution >= 0.6 is 23.2 Å². The van der Waals surface area contributed by atoms with Crippen LogP contribution in [-0.2, 0) is 9.53 Å². The molecular formula is C15H17Cl2NO3. The number of hydrogen-bond donors (Lipinski definition) is 2. The fourth-order valence-electron chi connectivity index (χ4n) is 2.12. The molecule has 0 aliphatic carbocycles. The Kier molecular flexibility index (Phi) is 6.06. The average molecular weight is 330 g/mol. The molecule has 0 saturated heterocycles. The standard InChI is InChI=1S/C15H17Cl2NO3/c16-12-7-11(8-13(17)9-12)14(19)15(20)18-4-1-10-2-5-21-6-3-10/h2,7-9,14,19H,1,3-6H2,(H,18,20). The van der Waals surface area contributed by atoms with Gasteiger partial charge in [0.25, 0.3) is 5.91 Å². The van der Waals surface area contributed by atoms with Gasteiger partial charge in [0.05, 0.1) is 13.2 Å². The van der Waals surface area contributed by atoms with Crippen LogP contribution in [0.25, 0.3) is 0 Å². The van der Waals surface area contributed by atoms with Crippen molar-refractivity contribution < 1.29 is 14.6 Å². The fourth-order valence-corrected chi connectivity index (χ4v) is 2.66. The van der Waals surface area contributed by atoms with E-state index >= 15 is 0 Å². The summed E-state index contributed by atoms with van der Waals surface area (Å²) in [6.07, 6.45) is 2.41. The van der Waals surface area contributed by atoms with E-state index in [4.69, 9.17) is 27.9 Å². The lowest BCUT2D eigenvalue weighted by atomic mass is 10.1. The molecule has 1 unspecified atom stereocenters. The summed E-state index contributed by atoms with van der Waals surface area (Å²) in [5.41, 5.74) is 1.65. The molecule has 0 aromatic heterocycles. The molecular weight excluding hydrogens is 313 g/mol. The van der Waals surface area contributed by atoms with Gasteiger partial charge in [-0.3, -0.25) is 4.79 Å². The molecule has 1 heterocycles. The molecule has 1 aliphatic heterocycles. The zero-order chi connectivity index (χ0) is 15.2. The molecule has 1 aliphatic rings. The van der Waals surface area contributed by atoms with E-state index in [1.54, 1.807) is 6.07 Å². The summed E-state index contributed by atoms with van der Waals surface area (Å²) < 4.78 is 5.22. The molecule has 0 bridgehead atoms. The van der Waals surface area contributed by atoms with E-state index in [0.717, 1.165) is 19.4 Å². The summed E-state index contributed by atoms with van der Waals surface area (Å²) in [6.45, 7) is 1.84. The van der Waals surface area contributed by atoms with Gasteiger partial charge >= 0.3 is 0 Å². The van der Waals surface area contributed by atoms with Crippen LogP contribution in [0.4, 0.5) is 0 Å². The Bertz CT molecular complexity index is 525. The summed E-state index contributed by atoms with van der Waals surface area (Å²) in [5.74, 6) is -0.457. The number of hydrogen-bond acceptors (Lipinski definition) is 3. The van der Waals surface area contributed by atoms with Crippen LogP contribution in [0.15, 0.2) is 29.8 Å². The third-order valence-electron chi connectivity index (χ3n) is 3.25. The molecule has 0 saturated carbocycles. The maximum atomic E-state index is 11.9. The van der Waals surface area contributed by atoms with Gasteiger partial charge in [-0.05, 0) is 36.6 Å². The Hall–Kier alpha value is -1.07. The van der Waals surface area contributed by atoms with Gasteiger partial charge in [0.2, 0.25) is 0 Å². The van der Waals surface area contributed by atoms with Crippen LogP contribution in [0, 0.1) is 0 Å². The number of ether oxygens (including phenoxy) is 1. The summed E-state index contributed by atoms with van der Waals surface area (Å²) in [4.78, 5) is 11.9. The van der Waals surface area contributed by atoms with Crippen LogP contribution in [0.3, 0.4) is 0 Å². The minimum Gasteiger partial charge on any atom is -0.378 e. The molecule has 1 aromatic carbocycles. The molecule has 1 aromatic rings. The molecule has 6 heteroatoms. The van der Waals surface area contributed by atoms with Crippen LogP contribution in [0.2, 0.25) is 10.0 Å². The number of aliphatic hydroxyl groups excluding tert-OH is 1. The van der Waals surface area contributed by atoms with E-state index in [9.17, 15) is 9.90 Å². The van der Waals surface area contributed by atoms with Gasteiger partial charge < -0.3 is 15.2 Å². The first-order valence-corrected chi connectivity index (χ1v) is 7.49. The number of amides is 1. The topological polar surface area (TPSA) is 58.6 Å². The molecule has 1 atom stereocenters. The second-order valence-electron chi connectivity index (χ2n) is 4.83. The molecule has 0 spiro atoms. The molecule has 0 radical (unpaired) electrons. The van der Waals surface area contributed by atoms with Gasteiger partial charge in [0.15, 0.2) is 6.10 Å². The van der Waals surface area contributed by atoms with Crippen LogP contribution in [-0.4, -0.2) is 30.8 Å². The van der Waals surface area contributed by atoms with E-state index < -0.39 is 12.0 Å². The SMILES string of the molecule is O=C(NCCC1=CCOCC1)C(O)c1cc(Cl)cc(Cl)c1. The van der Waals surface area contributed by atoms with Gasteiger partial charge in [-0.2, -0.15) is 0 Å². The normalized spacial score (nSPS) is 16.2. The monoisotopic (exact) mass is 329 g/mol. The lowest BCUT2D eigenvalue weighted by Crippen LogP contribution is -2.30. The first kappa shape index (κ1) is 16.3. The summed E-state index contributed by atoms with van der Waals surface area (Å²) in [5, 5.41) is 13.5. The Morgan fingerprint density at radius 3 is 2.67 bits per heavy atom. The molecule has 4 nitrogen and oxygen atoms in total. The molecule has 0 fully saturated rings. The largest absolute Gasteiger partial charge is 0.378 e. The van der Waals surface area contributed by atoms with Crippen molar-refractivity contribution >= 4 is 29.1 Å². The lowest BCUT2D eigenvalue weighted by molar-refractivity contribution is -0.129. The highest BCUT2D eigenvalue weighted by molar-refractivity contribution is 6.34. The summed E-state index contributed by atoms with van der Waals surface area (Å²) in [6, 6.07) is 4.60. The number of aliphatic hydroxyl groups is 1. The smallest absolute Gasteiger partial charge is 0.253 e. The zero-order valence-electron chi connectivity index (χ0n) is 11.4. The Morgan fingerprint density at radius 2 is 2.05 bits per heavy atom. The van der Waals surface area contributed by atoms with E-state index in [-0.39, 0.29) is 0 Å². The second kappa shape index (κ2) is 7.80. The number of benzene rings is 1. The van der Waals surface area contributed by atoms with Crippen molar-refractivity contribution in [3.63, 3.8) is 0 Å². The van der Waals surface area contributed by atoms with Gasteiger partial charge in [-0.1, -0.05) is 34.9 Å². The van der Waals surface area contributed by atoms with Crippen LogP contribution < -0.4 is 5.32 Å². The van der Waals surface area contributed by atoms with Crippen molar-refractivity contribution in [3.8, 4) is 0 Å². The van der Waals surface area contributed by atoms with Crippen LogP contribution in [0.1, 0.15) is 24.5 Å². The van der Waals surface area contributed by atoms with Crippen molar-refractivity contribution in [2.24, 2.45) is 0 Å². The van der Waals surface area contributed by atoms with Crippen molar-refractivity contribution in [2.45, 2.75) is 18.9 Å². The maximum absolute atomic E-state index is 11.9. The van der Waals surface area contributed by atoms with E-state index in [1.807, 2.05) is 6.08 Å². The van der Waals surface area contributed by atoms with Crippen molar-refractivity contribution in [1.29, 1.82) is 0 Å². The highest BCUT2D eigenvalue weighted by atomic mass is 35.5. The van der Waals surface area contributed by atoms with E-state index in [2.05, 4.69) is 5.32 Å². The predicted octanol–water partition coefficient (Wildman–Crippen LogP) is 2.88. The van der Waals surface area contributed by atoms with Crippen molar-refractivity contribution in [3.05, 3.63) is 45.5 Å². The van der Waals surface area contributed by atoms with Crippen molar-refractivity contribution in [1.82, 2.24) is 5.32 Å². The fraction of sp³-hybridized carbons (Fsp3) is 0.400. The third-order valence-corrected chi connectivity index (χ3v) is 3.69. The Morgan fingerprint density at radius 1 is 1.33 bits per heavy atom. The number of carbonyl (C=O) groups is 1. The quantitative estimate of drug-likeness (QED) is 0.816. The Balaban J connectivity index is 1.86. The minimum atomic E-state index is -1.27. The highest BCUT2D eigenvalue weighted by Gasteiger charge is 2.18. The molecule has 114 valence electrons. The number of carbonyl (C=O) groups excluding carboxylic acids is 1.